The Balaban J connectivity index is 3.54. The number of nitrogens with two attached hydrogens (primary N) is 1. The first-order valence-electron chi connectivity index (χ1n) is 6.38. The highest BCUT2D eigenvalue weighted by atomic mass is 32.2. The van der Waals surface area contributed by atoms with Gasteiger partial charge in [-0.15, -0.1) is 0 Å². The summed E-state index contributed by atoms with van der Waals surface area (Å²) in [6.45, 7) is 4.65. The summed E-state index contributed by atoms with van der Waals surface area (Å²) in [6.07, 6.45) is 0. The van der Waals surface area contributed by atoms with Crippen LogP contribution in [0.2, 0.25) is 0 Å². The van der Waals surface area contributed by atoms with Crippen molar-refractivity contribution in [3.63, 3.8) is 0 Å². The van der Waals surface area contributed by atoms with Gasteiger partial charge in [0.1, 0.15) is 16.4 Å². The van der Waals surface area contributed by atoms with Gasteiger partial charge in [-0.3, -0.25) is 4.79 Å². The normalized spacial score (nSPS) is 11.1. The molecule has 0 aromatic heterocycles. The maximum atomic E-state index is 12.4. The Hall–Kier alpha value is -1.80. The van der Waals surface area contributed by atoms with Crippen LogP contribution in [0.3, 0.4) is 0 Å². The number of nitrogens with zero attached hydrogens (tertiary/aromatic N) is 1. The fourth-order valence-electron chi connectivity index (χ4n) is 1.94. The van der Waals surface area contributed by atoms with E-state index in [0.717, 1.165) is 0 Å². The molecule has 0 saturated heterocycles. The lowest BCUT2D eigenvalue weighted by Gasteiger charge is -2.21. The quantitative estimate of drug-likeness (QED) is 0.838. The fraction of sp³-hybridized carbons (Fsp3) is 0.462. The number of benzene rings is 1. The molecule has 2 N–H and O–H groups in total. The topological polar surface area (TPSA) is 98.9 Å². The molecule has 0 aliphatic rings. The van der Waals surface area contributed by atoms with Crippen LogP contribution in [0.15, 0.2) is 17.0 Å². The lowest BCUT2D eigenvalue weighted by atomic mass is 10.1. The molecule has 0 atom stereocenters. The molecular weight excluding hydrogens is 296 g/mol. The summed E-state index contributed by atoms with van der Waals surface area (Å²) in [5.74, 6) is -0.0639. The van der Waals surface area contributed by atoms with Crippen LogP contribution in [0.5, 0.6) is 11.5 Å². The summed E-state index contributed by atoms with van der Waals surface area (Å²) in [7, 11) is -1.31. The first-order valence-corrected chi connectivity index (χ1v) is 7.92. The van der Waals surface area contributed by atoms with E-state index in [-0.39, 0.29) is 27.9 Å². The van der Waals surface area contributed by atoms with Gasteiger partial charge in [0.15, 0.2) is 0 Å². The van der Waals surface area contributed by atoms with Crippen LogP contribution in [0, 0.1) is 0 Å². The highest BCUT2D eigenvalue weighted by Gasteiger charge is 2.24. The number of sulfonamides is 1. The maximum Gasteiger partial charge on any atom is 0.257 e. The number of ether oxygens (including phenoxy) is 2. The predicted octanol–water partition coefficient (Wildman–Crippen LogP) is 0.833. The summed E-state index contributed by atoms with van der Waals surface area (Å²) in [6, 6.07) is 2.53. The van der Waals surface area contributed by atoms with Crippen molar-refractivity contribution in [1.82, 2.24) is 4.90 Å². The predicted molar refractivity (Wildman–Crippen MR) is 78.2 cm³/mol. The van der Waals surface area contributed by atoms with Crippen molar-refractivity contribution < 1.29 is 22.7 Å². The lowest BCUT2D eigenvalue weighted by molar-refractivity contribution is 0.0769. The van der Waals surface area contributed by atoms with Crippen molar-refractivity contribution in [2.24, 2.45) is 5.14 Å². The van der Waals surface area contributed by atoms with Crippen molar-refractivity contribution in [1.29, 1.82) is 0 Å². The standard InChI is InChI=1S/C13H20N2O5S/c1-5-15(6-2)13(16)9-7-12(21(14,17)18)11(20-4)8-10(9)19-3/h7-8H,5-6H2,1-4H3,(H2,14,17,18). The van der Waals surface area contributed by atoms with Crippen LogP contribution < -0.4 is 14.6 Å². The van der Waals surface area contributed by atoms with Gasteiger partial charge in [0.05, 0.1) is 19.8 Å². The third-order valence-corrected chi connectivity index (χ3v) is 4.01. The third-order valence-electron chi connectivity index (χ3n) is 3.07. The molecule has 1 amide bonds. The van der Waals surface area contributed by atoms with E-state index in [1.807, 2.05) is 13.8 Å². The number of primary sulfonamides is 1. The molecule has 21 heavy (non-hydrogen) atoms. The molecule has 0 radical (unpaired) electrons. The van der Waals surface area contributed by atoms with Gasteiger partial charge < -0.3 is 14.4 Å². The zero-order valence-electron chi connectivity index (χ0n) is 12.5. The average molecular weight is 316 g/mol. The Bertz CT molecular complexity index is 624. The number of carbonyl (C=O) groups excluding carboxylic acids is 1. The van der Waals surface area contributed by atoms with E-state index in [9.17, 15) is 13.2 Å². The van der Waals surface area contributed by atoms with Crippen LogP contribution in [-0.4, -0.2) is 46.5 Å². The molecule has 118 valence electrons. The van der Waals surface area contributed by atoms with Crippen LogP contribution in [0.4, 0.5) is 0 Å². The smallest absolute Gasteiger partial charge is 0.257 e. The summed E-state index contributed by atoms with van der Waals surface area (Å²) in [5, 5.41) is 5.16. The zero-order chi connectivity index (χ0) is 16.2. The first-order chi connectivity index (χ1) is 9.79. The highest BCUT2D eigenvalue weighted by Crippen LogP contribution is 2.32. The van der Waals surface area contributed by atoms with E-state index in [4.69, 9.17) is 14.6 Å². The second kappa shape index (κ2) is 6.77. The van der Waals surface area contributed by atoms with Crippen LogP contribution in [0.1, 0.15) is 24.2 Å². The Kier molecular flexibility index (Phi) is 5.56. The summed E-state index contributed by atoms with van der Waals surface area (Å²) in [4.78, 5) is 13.7. The highest BCUT2D eigenvalue weighted by molar-refractivity contribution is 7.89. The number of carbonyl (C=O) groups is 1. The zero-order valence-corrected chi connectivity index (χ0v) is 13.4. The Morgan fingerprint density at radius 3 is 2.05 bits per heavy atom. The molecule has 0 heterocycles. The van der Waals surface area contributed by atoms with Crippen LogP contribution in [-0.2, 0) is 10.0 Å². The summed E-state index contributed by atoms with van der Waals surface area (Å²) >= 11 is 0. The molecule has 0 aliphatic heterocycles. The van der Waals surface area contributed by atoms with E-state index in [1.54, 1.807) is 4.90 Å². The molecule has 8 heteroatoms. The Morgan fingerprint density at radius 1 is 1.14 bits per heavy atom. The van der Waals surface area contributed by atoms with Gasteiger partial charge in [0.2, 0.25) is 10.0 Å². The third kappa shape index (κ3) is 3.64. The molecule has 1 rings (SSSR count). The van der Waals surface area contributed by atoms with Gasteiger partial charge in [0, 0.05) is 19.2 Å². The fourth-order valence-corrected chi connectivity index (χ4v) is 2.65. The minimum absolute atomic E-state index is 0.0328. The molecule has 1 aromatic rings. The van der Waals surface area contributed by atoms with Gasteiger partial charge in [-0.1, -0.05) is 0 Å². The number of methoxy groups -OCH3 is 2. The second-order valence-corrected chi connectivity index (χ2v) is 5.76. The van der Waals surface area contributed by atoms with Crippen molar-refractivity contribution in [3.05, 3.63) is 17.7 Å². The van der Waals surface area contributed by atoms with Crippen molar-refractivity contribution in [3.8, 4) is 11.5 Å². The van der Waals surface area contributed by atoms with Gasteiger partial charge in [-0.25, -0.2) is 13.6 Å². The molecule has 0 bridgehead atoms. The van der Waals surface area contributed by atoms with Crippen LogP contribution in [0.25, 0.3) is 0 Å². The van der Waals surface area contributed by atoms with Gasteiger partial charge in [-0.2, -0.15) is 0 Å². The minimum Gasteiger partial charge on any atom is -0.496 e. The monoisotopic (exact) mass is 316 g/mol. The first kappa shape index (κ1) is 17.3. The Labute approximate surface area is 124 Å². The second-order valence-electron chi connectivity index (χ2n) is 4.23. The van der Waals surface area contributed by atoms with Crippen molar-refractivity contribution in [2.45, 2.75) is 18.7 Å². The van der Waals surface area contributed by atoms with E-state index in [0.29, 0.717) is 13.1 Å². The maximum absolute atomic E-state index is 12.4. The lowest BCUT2D eigenvalue weighted by Crippen LogP contribution is -2.31. The molecule has 0 fully saturated rings. The van der Waals surface area contributed by atoms with Gasteiger partial charge >= 0.3 is 0 Å². The van der Waals surface area contributed by atoms with E-state index >= 15 is 0 Å². The van der Waals surface area contributed by atoms with E-state index in [1.165, 1.54) is 26.4 Å². The molecule has 0 aliphatic carbocycles. The molecule has 1 aromatic carbocycles. The van der Waals surface area contributed by atoms with Gasteiger partial charge in [-0.05, 0) is 19.9 Å². The molecule has 0 saturated carbocycles. The van der Waals surface area contributed by atoms with E-state index < -0.39 is 10.0 Å². The van der Waals surface area contributed by atoms with E-state index in [2.05, 4.69) is 0 Å². The minimum atomic E-state index is -4.02. The number of hydrogen-bond donors (Lipinski definition) is 1. The number of amides is 1. The molecule has 7 nitrogen and oxygen atoms in total. The molecule has 0 spiro atoms. The summed E-state index contributed by atoms with van der Waals surface area (Å²) in [5.41, 5.74) is 0.131. The Morgan fingerprint density at radius 2 is 1.67 bits per heavy atom. The SMILES string of the molecule is CCN(CC)C(=O)c1cc(S(N)(=O)=O)c(OC)cc1OC. The average Bonchev–Trinajstić information content (AvgIpc) is 2.45. The molecular formula is C13H20N2O5S. The van der Waals surface area contributed by atoms with Crippen molar-refractivity contribution >= 4 is 15.9 Å². The van der Waals surface area contributed by atoms with Crippen LogP contribution >= 0.6 is 0 Å². The largest absolute Gasteiger partial charge is 0.496 e. The molecule has 0 unspecified atom stereocenters. The van der Waals surface area contributed by atoms with Crippen molar-refractivity contribution in [2.75, 3.05) is 27.3 Å². The van der Waals surface area contributed by atoms with Gasteiger partial charge in [0.25, 0.3) is 5.91 Å². The summed E-state index contributed by atoms with van der Waals surface area (Å²) < 4.78 is 33.4. The number of hydrogen-bond acceptors (Lipinski definition) is 5. The number of rotatable bonds is 6.